The van der Waals surface area contributed by atoms with E-state index in [1.165, 1.54) is 6.20 Å². The van der Waals surface area contributed by atoms with Gasteiger partial charge in [0.05, 0.1) is 23.9 Å². The molecule has 1 rings (SSSR count). The fraction of sp³-hybridized carbons (Fsp3) is 0.400. The fourth-order valence-electron chi connectivity index (χ4n) is 1.11. The smallest absolute Gasteiger partial charge is 0.292 e. The zero-order valence-electron chi connectivity index (χ0n) is 8.93. The molecule has 17 heavy (non-hydrogen) atoms. The van der Waals surface area contributed by atoms with Crippen LogP contribution in [0.2, 0.25) is 5.02 Å². The van der Waals surface area contributed by atoms with Gasteiger partial charge in [0.15, 0.2) is 0 Å². The predicted octanol–water partition coefficient (Wildman–Crippen LogP) is -0.705. The topological polar surface area (TPSA) is 87.4 Å². The van der Waals surface area contributed by atoms with E-state index in [2.05, 4.69) is 16.3 Å². The minimum Gasteiger partial charge on any atom is -0.394 e. The van der Waals surface area contributed by atoms with E-state index in [1.54, 1.807) is 0 Å². The minimum absolute atomic E-state index is 0.00548. The maximum Gasteiger partial charge on any atom is 0.292 e. The van der Waals surface area contributed by atoms with Crippen molar-refractivity contribution in [3.8, 4) is 12.3 Å². The van der Waals surface area contributed by atoms with Gasteiger partial charge in [0, 0.05) is 6.54 Å². The van der Waals surface area contributed by atoms with Gasteiger partial charge in [-0.3, -0.25) is 4.79 Å². The average Bonchev–Trinajstić information content (AvgIpc) is 2.32. The minimum atomic E-state index is -0.972. The second-order valence-electron chi connectivity index (χ2n) is 3.25. The monoisotopic (exact) mass is 257 g/mol. The van der Waals surface area contributed by atoms with E-state index in [-0.39, 0.29) is 23.8 Å². The molecular formula is C10H12ClN3O3. The lowest BCUT2D eigenvalue weighted by Gasteiger charge is -2.11. The van der Waals surface area contributed by atoms with Crippen molar-refractivity contribution >= 4 is 17.3 Å². The number of aliphatic hydroxyl groups is 2. The van der Waals surface area contributed by atoms with Crippen LogP contribution in [-0.4, -0.2) is 39.2 Å². The first kappa shape index (κ1) is 13.5. The molecule has 0 amide bonds. The van der Waals surface area contributed by atoms with Crippen molar-refractivity contribution in [3.05, 3.63) is 21.6 Å². The standard InChI is InChI=1S/C10H12ClN3O3/c1-2-3-14-10(17)9(8(11)5-13-14)12-4-7(16)6-15/h1,5,7,12,15-16H,3-4,6H2. The van der Waals surface area contributed by atoms with E-state index < -0.39 is 18.3 Å². The summed E-state index contributed by atoms with van der Waals surface area (Å²) in [5.41, 5.74) is -0.370. The van der Waals surface area contributed by atoms with Crippen molar-refractivity contribution in [3.63, 3.8) is 0 Å². The number of terminal acetylenes is 1. The molecule has 0 aliphatic carbocycles. The van der Waals surface area contributed by atoms with Crippen LogP contribution >= 0.6 is 11.6 Å². The van der Waals surface area contributed by atoms with E-state index in [4.69, 9.17) is 28.2 Å². The first-order valence-corrected chi connectivity index (χ1v) is 5.19. The number of aromatic nitrogens is 2. The van der Waals surface area contributed by atoms with Gasteiger partial charge in [0.25, 0.3) is 5.56 Å². The van der Waals surface area contributed by atoms with Gasteiger partial charge >= 0.3 is 0 Å². The van der Waals surface area contributed by atoms with E-state index in [1.807, 2.05) is 0 Å². The Hall–Kier alpha value is -1.55. The van der Waals surface area contributed by atoms with Crippen molar-refractivity contribution < 1.29 is 10.2 Å². The number of rotatable bonds is 5. The second-order valence-corrected chi connectivity index (χ2v) is 3.66. The molecule has 0 bridgehead atoms. The normalized spacial score (nSPS) is 11.9. The quantitative estimate of drug-likeness (QED) is 0.607. The highest BCUT2D eigenvalue weighted by Crippen LogP contribution is 2.14. The molecule has 1 aromatic rings. The van der Waals surface area contributed by atoms with Crippen LogP contribution in [0.3, 0.4) is 0 Å². The summed E-state index contributed by atoms with van der Waals surface area (Å²) >= 11 is 5.79. The first-order valence-electron chi connectivity index (χ1n) is 4.82. The summed E-state index contributed by atoms with van der Waals surface area (Å²) in [7, 11) is 0. The zero-order chi connectivity index (χ0) is 12.8. The molecule has 0 aromatic carbocycles. The van der Waals surface area contributed by atoms with Crippen LogP contribution in [-0.2, 0) is 6.54 Å². The molecule has 0 fully saturated rings. The van der Waals surface area contributed by atoms with Crippen LogP contribution in [0.1, 0.15) is 0 Å². The third-order valence-corrected chi connectivity index (χ3v) is 2.25. The molecule has 0 saturated heterocycles. The number of hydrogen-bond acceptors (Lipinski definition) is 5. The summed E-state index contributed by atoms with van der Waals surface area (Å²) in [6.45, 7) is -0.368. The van der Waals surface area contributed by atoms with Gasteiger partial charge in [0.1, 0.15) is 12.2 Å². The van der Waals surface area contributed by atoms with Gasteiger partial charge in [-0.05, 0) is 0 Å². The number of halogens is 1. The van der Waals surface area contributed by atoms with E-state index in [0.717, 1.165) is 4.68 Å². The van der Waals surface area contributed by atoms with Gasteiger partial charge in [0.2, 0.25) is 0 Å². The van der Waals surface area contributed by atoms with Crippen molar-refractivity contribution in [1.82, 2.24) is 9.78 Å². The summed E-state index contributed by atoms with van der Waals surface area (Å²) < 4.78 is 1.07. The zero-order valence-corrected chi connectivity index (χ0v) is 9.68. The van der Waals surface area contributed by atoms with Gasteiger partial charge in [-0.25, -0.2) is 4.68 Å². The lowest BCUT2D eigenvalue weighted by atomic mass is 10.3. The highest BCUT2D eigenvalue weighted by atomic mass is 35.5. The van der Waals surface area contributed by atoms with E-state index in [0.29, 0.717) is 0 Å². The largest absolute Gasteiger partial charge is 0.394 e. The number of nitrogens with zero attached hydrogens (tertiary/aromatic N) is 2. The Balaban J connectivity index is 2.94. The second kappa shape index (κ2) is 6.25. The predicted molar refractivity (Wildman–Crippen MR) is 63.9 cm³/mol. The Morgan fingerprint density at radius 3 is 3.00 bits per heavy atom. The average molecular weight is 258 g/mol. The third-order valence-electron chi connectivity index (χ3n) is 1.96. The molecule has 0 aliphatic rings. The van der Waals surface area contributed by atoms with Crippen LogP contribution in [0.15, 0.2) is 11.0 Å². The molecule has 0 radical (unpaired) electrons. The Labute approximate surface area is 103 Å². The number of anilines is 1. The molecule has 0 spiro atoms. The van der Waals surface area contributed by atoms with Gasteiger partial charge in [-0.1, -0.05) is 17.5 Å². The molecule has 7 heteroatoms. The molecule has 0 saturated carbocycles. The Kier molecular flexibility index (Phi) is 4.97. The molecule has 1 unspecified atom stereocenters. The Morgan fingerprint density at radius 1 is 1.71 bits per heavy atom. The number of hydrogen-bond donors (Lipinski definition) is 3. The number of aliphatic hydroxyl groups excluding tert-OH is 2. The summed E-state index contributed by atoms with van der Waals surface area (Å²) in [5.74, 6) is 2.29. The van der Waals surface area contributed by atoms with Crippen LogP contribution in [0.5, 0.6) is 0 Å². The van der Waals surface area contributed by atoms with E-state index >= 15 is 0 Å². The fourth-order valence-corrected chi connectivity index (χ4v) is 1.30. The van der Waals surface area contributed by atoms with Crippen LogP contribution in [0, 0.1) is 12.3 Å². The van der Waals surface area contributed by atoms with Crippen LogP contribution in [0.4, 0.5) is 5.69 Å². The Morgan fingerprint density at radius 2 is 2.41 bits per heavy atom. The molecule has 3 N–H and O–H groups in total. The van der Waals surface area contributed by atoms with Gasteiger partial charge in [-0.15, -0.1) is 6.42 Å². The molecule has 92 valence electrons. The summed E-state index contributed by atoms with van der Waals surface area (Å²) in [4.78, 5) is 11.8. The van der Waals surface area contributed by atoms with Crippen molar-refractivity contribution in [2.24, 2.45) is 0 Å². The first-order chi connectivity index (χ1) is 8.10. The molecule has 0 aliphatic heterocycles. The highest BCUT2D eigenvalue weighted by molar-refractivity contribution is 6.32. The molecule has 6 nitrogen and oxygen atoms in total. The molecular weight excluding hydrogens is 246 g/mol. The van der Waals surface area contributed by atoms with Crippen molar-refractivity contribution in [2.75, 3.05) is 18.5 Å². The van der Waals surface area contributed by atoms with Crippen molar-refractivity contribution in [2.45, 2.75) is 12.6 Å². The van der Waals surface area contributed by atoms with E-state index in [9.17, 15) is 4.79 Å². The Bertz CT molecular complexity index is 481. The van der Waals surface area contributed by atoms with Gasteiger partial charge < -0.3 is 15.5 Å². The van der Waals surface area contributed by atoms with Crippen LogP contribution < -0.4 is 10.9 Å². The lowest BCUT2D eigenvalue weighted by Crippen LogP contribution is -2.30. The highest BCUT2D eigenvalue weighted by Gasteiger charge is 2.10. The lowest BCUT2D eigenvalue weighted by molar-refractivity contribution is 0.105. The maximum absolute atomic E-state index is 11.8. The summed E-state index contributed by atoms with van der Waals surface area (Å²) in [6.07, 6.45) is 5.40. The molecule has 1 atom stereocenters. The molecule has 1 heterocycles. The summed E-state index contributed by atoms with van der Waals surface area (Å²) in [5, 5.41) is 24.3. The third kappa shape index (κ3) is 3.46. The summed E-state index contributed by atoms with van der Waals surface area (Å²) in [6, 6.07) is 0. The van der Waals surface area contributed by atoms with Crippen molar-refractivity contribution in [1.29, 1.82) is 0 Å². The maximum atomic E-state index is 11.8. The van der Waals surface area contributed by atoms with Gasteiger partial charge in [-0.2, -0.15) is 5.10 Å². The SMILES string of the molecule is C#CCn1ncc(Cl)c(NCC(O)CO)c1=O. The van der Waals surface area contributed by atoms with Crippen LogP contribution in [0.25, 0.3) is 0 Å². The number of nitrogens with one attached hydrogen (secondary N) is 1. The molecule has 1 aromatic heterocycles.